The van der Waals surface area contributed by atoms with Gasteiger partial charge in [-0.25, -0.2) is 4.79 Å². The number of nitrogens with zero attached hydrogens (tertiary/aromatic N) is 3. The van der Waals surface area contributed by atoms with Crippen LogP contribution in [0.2, 0.25) is 0 Å². The van der Waals surface area contributed by atoms with E-state index in [0.717, 1.165) is 36.1 Å². The molecule has 2 heterocycles. The average Bonchev–Trinajstić information content (AvgIpc) is 3.66. The van der Waals surface area contributed by atoms with E-state index in [0.29, 0.717) is 50.0 Å². The van der Waals surface area contributed by atoms with Gasteiger partial charge in [-0.1, -0.05) is 23.9 Å². The number of aromatic nitrogens is 3. The number of carbonyl (C=O) groups is 3. The number of esters is 1. The van der Waals surface area contributed by atoms with E-state index in [4.69, 9.17) is 18.9 Å². The summed E-state index contributed by atoms with van der Waals surface area (Å²) in [6.07, 6.45) is 3.70. The van der Waals surface area contributed by atoms with E-state index in [1.54, 1.807) is 49.8 Å². The molecule has 4 aromatic rings. The smallest absolute Gasteiger partial charge is 0.341 e. The molecule has 14 heteroatoms. The van der Waals surface area contributed by atoms with Gasteiger partial charge in [-0.2, -0.15) is 0 Å². The van der Waals surface area contributed by atoms with Gasteiger partial charge >= 0.3 is 5.97 Å². The van der Waals surface area contributed by atoms with Crippen molar-refractivity contribution in [3.05, 3.63) is 69.9 Å². The van der Waals surface area contributed by atoms with Crippen molar-refractivity contribution in [2.75, 3.05) is 33.3 Å². The summed E-state index contributed by atoms with van der Waals surface area (Å²) in [6, 6.07) is 12.2. The largest absolute Gasteiger partial charge is 0.495 e. The molecule has 2 aromatic heterocycles. The first-order valence-corrected chi connectivity index (χ1v) is 16.9. The molecular formula is C33H37N5O7S2. The Hall–Kier alpha value is -4.56. The standard InChI is InChI=1S/C33H37N5O7S2/c1-6-45-32(41)28-21-11-7-10-14-26(21)47-31(28)35-29(39)19(2)46-33-37-36-27(38(33)22-12-8-9-13-23(22)42-3)18-34-30(40)20-15-16-24(43-4)25(17-20)44-5/h8-9,12-13,15-17,19H,6-7,10-11,14,18H2,1-5H3,(H,34,40)(H,35,39)/t19-/m0/s1. The lowest BCUT2D eigenvalue weighted by molar-refractivity contribution is -0.115. The van der Waals surface area contributed by atoms with Gasteiger partial charge in [-0.15, -0.1) is 21.5 Å². The summed E-state index contributed by atoms with van der Waals surface area (Å²) in [5.74, 6) is 0.862. The quantitative estimate of drug-likeness (QED) is 0.138. The fourth-order valence-electron chi connectivity index (χ4n) is 5.28. The number of aryl methyl sites for hydroxylation is 1. The van der Waals surface area contributed by atoms with Crippen LogP contribution in [-0.4, -0.2) is 65.7 Å². The molecule has 0 saturated heterocycles. The van der Waals surface area contributed by atoms with E-state index in [1.807, 2.05) is 18.2 Å². The highest BCUT2D eigenvalue weighted by Gasteiger charge is 2.29. The number of benzene rings is 2. The molecule has 2 amide bonds. The van der Waals surface area contributed by atoms with Crippen molar-refractivity contribution >= 4 is 45.9 Å². The van der Waals surface area contributed by atoms with Gasteiger partial charge in [0.2, 0.25) is 5.91 Å². The molecule has 5 rings (SSSR count). The third-order valence-electron chi connectivity index (χ3n) is 7.62. The van der Waals surface area contributed by atoms with Crippen molar-refractivity contribution in [1.82, 2.24) is 20.1 Å². The van der Waals surface area contributed by atoms with Crippen molar-refractivity contribution in [1.29, 1.82) is 0 Å². The fourth-order valence-corrected chi connectivity index (χ4v) is 7.44. The fraction of sp³-hybridized carbons (Fsp3) is 0.364. The summed E-state index contributed by atoms with van der Waals surface area (Å²) in [5, 5.41) is 15.0. The number of anilines is 1. The normalized spacial score (nSPS) is 12.9. The highest BCUT2D eigenvalue weighted by molar-refractivity contribution is 8.00. The third kappa shape index (κ3) is 7.38. The van der Waals surface area contributed by atoms with Crippen LogP contribution in [0.5, 0.6) is 17.2 Å². The van der Waals surface area contributed by atoms with Crippen LogP contribution in [0, 0.1) is 0 Å². The number of fused-ring (bicyclic) bond motifs is 1. The molecule has 0 unspecified atom stereocenters. The molecule has 0 aliphatic heterocycles. The van der Waals surface area contributed by atoms with Gasteiger partial charge in [0.1, 0.15) is 10.8 Å². The lowest BCUT2D eigenvalue weighted by Gasteiger charge is -2.16. The van der Waals surface area contributed by atoms with Crippen LogP contribution < -0.4 is 24.8 Å². The maximum Gasteiger partial charge on any atom is 0.341 e. The zero-order chi connectivity index (χ0) is 33.5. The van der Waals surface area contributed by atoms with Crippen LogP contribution in [0.4, 0.5) is 5.00 Å². The summed E-state index contributed by atoms with van der Waals surface area (Å²) in [6.45, 7) is 3.81. The number of ether oxygens (including phenoxy) is 4. The Bertz CT molecular complexity index is 1770. The number of para-hydroxylation sites is 2. The SMILES string of the molecule is CCOC(=O)c1c(NC(=O)[C@H](C)Sc2nnc(CNC(=O)c3ccc(OC)c(OC)c3)n2-c2ccccc2OC)sc2c1CCCC2. The number of hydrogen-bond acceptors (Lipinski definition) is 11. The van der Waals surface area contributed by atoms with Gasteiger partial charge in [-0.05, 0) is 75.4 Å². The number of hydrogen-bond donors (Lipinski definition) is 2. The molecule has 248 valence electrons. The minimum Gasteiger partial charge on any atom is -0.495 e. The molecule has 0 spiro atoms. The minimum absolute atomic E-state index is 0.0308. The second-order valence-electron chi connectivity index (χ2n) is 10.5. The van der Waals surface area contributed by atoms with Crippen molar-refractivity contribution in [3.63, 3.8) is 0 Å². The van der Waals surface area contributed by atoms with Crippen molar-refractivity contribution < 1.29 is 33.3 Å². The Morgan fingerprint density at radius 2 is 1.72 bits per heavy atom. The van der Waals surface area contributed by atoms with Gasteiger partial charge in [0.15, 0.2) is 22.5 Å². The highest BCUT2D eigenvalue weighted by Crippen LogP contribution is 2.39. The molecular weight excluding hydrogens is 643 g/mol. The summed E-state index contributed by atoms with van der Waals surface area (Å²) in [4.78, 5) is 40.7. The monoisotopic (exact) mass is 679 g/mol. The molecule has 1 atom stereocenters. The molecule has 47 heavy (non-hydrogen) atoms. The molecule has 0 bridgehead atoms. The van der Waals surface area contributed by atoms with Crippen LogP contribution in [0.1, 0.15) is 63.7 Å². The average molecular weight is 680 g/mol. The number of nitrogens with one attached hydrogen (secondary N) is 2. The maximum absolute atomic E-state index is 13.6. The Kier molecular flexibility index (Phi) is 11.0. The van der Waals surface area contributed by atoms with E-state index in [-0.39, 0.29) is 25.0 Å². The number of methoxy groups -OCH3 is 3. The van der Waals surface area contributed by atoms with Crippen LogP contribution in [0.15, 0.2) is 47.6 Å². The van der Waals surface area contributed by atoms with Crippen LogP contribution >= 0.6 is 23.1 Å². The van der Waals surface area contributed by atoms with Crippen LogP contribution in [0.25, 0.3) is 5.69 Å². The molecule has 0 fully saturated rings. The molecule has 12 nitrogen and oxygen atoms in total. The first kappa shape index (κ1) is 33.8. The van der Waals surface area contributed by atoms with Crippen molar-refractivity contribution in [2.45, 2.75) is 56.5 Å². The Labute approximate surface area is 281 Å². The van der Waals surface area contributed by atoms with Gasteiger partial charge in [-0.3, -0.25) is 14.2 Å². The second-order valence-corrected chi connectivity index (χ2v) is 13.0. The van der Waals surface area contributed by atoms with Crippen LogP contribution in [-0.2, 0) is 28.9 Å². The van der Waals surface area contributed by atoms with E-state index in [1.165, 1.54) is 37.3 Å². The molecule has 1 aliphatic rings. The highest BCUT2D eigenvalue weighted by atomic mass is 32.2. The molecule has 2 N–H and O–H groups in total. The zero-order valence-corrected chi connectivity index (χ0v) is 28.5. The Balaban J connectivity index is 1.39. The second kappa shape index (κ2) is 15.4. The lowest BCUT2D eigenvalue weighted by atomic mass is 9.95. The van der Waals surface area contributed by atoms with Gasteiger partial charge < -0.3 is 29.6 Å². The molecule has 0 saturated carbocycles. The summed E-state index contributed by atoms with van der Waals surface area (Å²) >= 11 is 2.64. The lowest BCUT2D eigenvalue weighted by Crippen LogP contribution is -2.25. The number of rotatable bonds is 13. The summed E-state index contributed by atoms with van der Waals surface area (Å²) in [7, 11) is 4.59. The minimum atomic E-state index is -0.629. The number of thiophene rings is 1. The Morgan fingerprint density at radius 3 is 2.47 bits per heavy atom. The van der Waals surface area contributed by atoms with Crippen molar-refractivity contribution in [3.8, 4) is 22.9 Å². The first-order chi connectivity index (χ1) is 22.8. The topological polar surface area (TPSA) is 143 Å². The van der Waals surface area contributed by atoms with E-state index >= 15 is 0 Å². The van der Waals surface area contributed by atoms with E-state index < -0.39 is 11.2 Å². The van der Waals surface area contributed by atoms with Gasteiger partial charge in [0.25, 0.3) is 5.91 Å². The predicted octanol–water partition coefficient (Wildman–Crippen LogP) is 5.46. The molecule has 1 aliphatic carbocycles. The van der Waals surface area contributed by atoms with Crippen molar-refractivity contribution in [2.24, 2.45) is 0 Å². The maximum atomic E-state index is 13.6. The van der Waals surface area contributed by atoms with E-state index in [2.05, 4.69) is 20.8 Å². The summed E-state index contributed by atoms with van der Waals surface area (Å²) < 4.78 is 23.3. The van der Waals surface area contributed by atoms with Crippen LogP contribution in [0.3, 0.4) is 0 Å². The molecule has 2 aromatic carbocycles. The first-order valence-electron chi connectivity index (χ1n) is 15.2. The van der Waals surface area contributed by atoms with E-state index in [9.17, 15) is 14.4 Å². The van der Waals surface area contributed by atoms with Gasteiger partial charge in [0, 0.05) is 10.4 Å². The Morgan fingerprint density at radius 1 is 0.979 bits per heavy atom. The van der Waals surface area contributed by atoms with Gasteiger partial charge in [0.05, 0.1) is 51.0 Å². The predicted molar refractivity (Wildman–Crippen MR) is 179 cm³/mol. The third-order valence-corrected chi connectivity index (χ3v) is 9.87. The summed E-state index contributed by atoms with van der Waals surface area (Å²) in [5.41, 5.74) is 2.46. The zero-order valence-electron chi connectivity index (χ0n) is 26.9. The number of carbonyl (C=O) groups excluding carboxylic acids is 3. The number of thioether (sulfide) groups is 1. The number of amides is 2. The molecule has 0 radical (unpaired) electrons.